The van der Waals surface area contributed by atoms with Crippen LogP contribution in [0.1, 0.15) is 10.4 Å². The minimum Gasteiger partial charge on any atom is -0.497 e. The molecule has 7 nitrogen and oxygen atoms in total. The highest BCUT2D eigenvalue weighted by molar-refractivity contribution is 5.97. The van der Waals surface area contributed by atoms with E-state index < -0.39 is 5.76 Å². The number of hydrogen-bond acceptors (Lipinski definition) is 5. The number of fused-ring (bicyclic) bond motifs is 1. The van der Waals surface area contributed by atoms with Crippen molar-refractivity contribution in [3.63, 3.8) is 0 Å². The molecule has 0 aliphatic carbocycles. The molecule has 1 aromatic heterocycles. The molecule has 1 heterocycles. The van der Waals surface area contributed by atoms with Crippen LogP contribution in [-0.4, -0.2) is 30.7 Å². The molecule has 0 atom stereocenters. The number of nitrogens with one attached hydrogen (secondary N) is 1. The number of aromatic nitrogens is 1. The SMILES string of the molecule is COc1ccc(OCCNC(=O)c2ccc3oc(=O)n(C)c3c2)cc1. The van der Waals surface area contributed by atoms with Crippen LogP contribution < -0.4 is 20.5 Å². The zero-order valence-corrected chi connectivity index (χ0v) is 13.9. The van der Waals surface area contributed by atoms with Crippen LogP contribution in [0.25, 0.3) is 11.1 Å². The molecule has 0 aliphatic heterocycles. The molecule has 0 unspecified atom stereocenters. The number of amides is 1. The lowest BCUT2D eigenvalue weighted by Gasteiger charge is -2.08. The van der Waals surface area contributed by atoms with Gasteiger partial charge in [-0.2, -0.15) is 0 Å². The van der Waals surface area contributed by atoms with Gasteiger partial charge in [-0.3, -0.25) is 9.36 Å². The summed E-state index contributed by atoms with van der Waals surface area (Å²) in [6.07, 6.45) is 0. The molecule has 3 rings (SSSR count). The summed E-state index contributed by atoms with van der Waals surface area (Å²) in [6, 6.07) is 12.1. The van der Waals surface area contributed by atoms with E-state index in [2.05, 4.69) is 5.32 Å². The van der Waals surface area contributed by atoms with E-state index in [9.17, 15) is 9.59 Å². The Bertz CT molecular complexity index is 940. The summed E-state index contributed by atoms with van der Waals surface area (Å²) < 4.78 is 17.0. The maximum Gasteiger partial charge on any atom is 0.419 e. The molecule has 2 aromatic carbocycles. The fraction of sp³-hybridized carbons (Fsp3) is 0.222. The van der Waals surface area contributed by atoms with E-state index >= 15 is 0 Å². The first-order valence-corrected chi connectivity index (χ1v) is 7.73. The Morgan fingerprint density at radius 2 is 1.88 bits per heavy atom. The highest BCUT2D eigenvalue weighted by Gasteiger charge is 2.10. The first-order valence-electron chi connectivity index (χ1n) is 7.73. The van der Waals surface area contributed by atoms with Crippen molar-refractivity contribution in [1.29, 1.82) is 0 Å². The minimum absolute atomic E-state index is 0.242. The number of carbonyl (C=O) groups is 1. The maximum atomic E-state index is 12.2. The third kappa shape index (κ3) is 3.65. The third-order valence-corrected chi connectivity index (χ3v) is 3.77. The quantitative estimate of drug-likeness (QED) is 0.692. The van der Waals surface area contributed by atoms with E-state index in [0.29, 0.717) is 35.6 Å². The van der Waals surface area contributed by atoms with Gasteiger partial charge in [0.1, 0.15) is 18.1 Å². The van der Waals surface area contributed by atoms with Crippen LogP contribution in [0.15, 0.2) is 51.7 Å². The van der Waals surface area contributed by atoms with E-state index in [4.69, 9.17) is 13.9 Å². The number of methoxy groups -OCH3 is 1. The van der Waals surface area contributed by atoms with Gasteiger partial charge in [0, 0.05) is 12.6 Å². The van der Waals surface area contributed by atoms with Gasteiger partial charge in [0.05, 0.1) is 19.2 Å². The summed E-state index contributed by atoms with van der Waals surface area (Å²) in [6.45, 7) is 0.692. The molecule has 0 radical (unpaired) electrons. The Balaban J connectivity index is 1.55. The molecule has 0 saturated carbocycles. The van der Waals surface area contributed by atoms with Crippen molar-refractivity contribution in [1.82, 2.24) is 9.88 Å². The monoisotopic (exact) mass is 342 g/mol. The molecule has 7 heteroatoms. The number of ether oxygens (including phenoxy) is 2. The maximum absolute atomic E-state index is 12.2. The standard InChI is InChI=1S/C18H18N2O5/c1-20-15-11-12(3-8-16(15)25-18(20)22)17(21)19-9-10-24-14-6-4-13(23-2)5-7-14/h3-8,11H,9-10H2,1-2H3,(H,19,21). The van der Waals surface area contributed by atoms with Gasteiger partial charge < -0.3 is 19.2 Å². The first-order chi connectivity index (χ1) is 12.1. The molecule has 0 spiro atoms. The van der Waals surface area contributed by atoms with Crippen molar-refractivity contribution in [2.45, 2.75) is 0 Å². The second-order valence-electron chi connectivity index (χ2n) is 5.39. The first kappa shape index (κ1) is 16.6. The summed E-state index contributed by atoms with van der Waals surface area (Å²) in [5.74, 6) is 0.754. The molecule has 0 aliphatic rings. The van der Waals surface area contributed by atoms with Gasteiger partial charge in [-0.25, -0.2) is 4.79 Å². The van der Waals surface area contributed by atoms with Crippen LogP contribution >= 0.6 is 0 Å². The lowest BCUT2D eigenvalue weighted by molar-refractivity contribution is 0.0947. The molecule has 25 heavy (non-hydrogen) atoms. The molecule has 0 fully saturated rings. The van der Waals surface area contributed by atoms with Crippen molar-refractivity contribution >= 4 is 17.0 Å². The van der Waals surface area contributed by atoms with Crippen molar-refractivity contribution in [2.24, 2.45) is 7.05 Å². The molecule has 3 aromatic rings. The number of rotatable bonds is 6. The topological polar surface area (TPSA) is 82.7 Å². The van der Waals surface area contributed by atoms with Gasteiger partial charge in [0.15, 0.2) is 5.58 Å². The number of carbonyl (C=O) groups excluding carboxylic acids is 1. The fourth-order valence-corrected chi connectivity index (χ4v) is 2.38. The zero-order valence-electron chi connectivity index (χ0n) is 13.9. The average Bonchev–Trinajstić information content (AvgIpc) is 2.93. The second kappa shape index (κ2) is 7.12. The summed E-state index contributed by atoms with van der Waals surface area (Å²) in [5, 5.41) is 2.78. The molecule has 1 N–H and O–H groups in total. The van der Waals surface area contributed by atoms with Crippen LogP contribution in [-0.2, 0) is 7.05 Å². The third-order valence-electron chi connectivity index (χ3n) is 3.77. The van der Waals surface area contributed by atoms with Gasteiger partial charge in [-0.05, 0) is 42.5 Å². The number of benzene rings is 2. The summed E-state index contributed by atoms with van der Waals surface area (Å²) >= 11 is 0. The molecule has 0 saturated heterocycles. The van der Waals surface area contributed by atoms with Crippen LogP contribution in [0.2, 0.25) is 0 Å². The highest BCUT2D eigenvalue weighted by Crippen LogP contribution is 2.17. The van der Waals surface area contributed by atoms with Gasteiger partial charge in [0.25, 0.3) is 5.91 Å². The Labute approximate surface area is 143 Å². The number of hydrogen-bond donors (Lipinski definition) is 1. The lowest BCUT2D eigenvalue weighted by atomic mass is 10.2. The normalized spacial score (nSPS) is 10.6. The Kier molecular flexibility index (Phi) is 4.74. The van der Waals surface area contributed by atoms with Crippen LogP contribution in [0.5, 0.6) is 11.5 Å². The smallest absolute Gasteiger partial charge is 0.419 e. The van der Waals surface area contributed by atoms with Gasteiger partial charge in [-0.1, -0.05) is 0 Å². The number of oxazole rings is 1. The van der Waals surface area contributed by atoms with Crippen molar-refractivity contribution in [3.05, 3.63) is 58.6 Å². The fourth-order valence-electron chi connectivity index (χ4n) is 2.38. The number of aryl methyl sites for hydroxylation is 1. The Morgan fingerprint density at radius 3 is 2.60 bits per heavy atom. The highest BCUT2D eigenvalue weighted by atomic mass is 16.5. The summed E-state index contributed by atoms with van der Waals surface area (Å²) in [7, 11) is 3.20. The largest absolute Gasteiger partial charge is 0.497 e. The van der Waals surface area contributed by atoms with Crippen LogP contribution in [0.4, 0.5) is 0 Å². The van der Waals surface area contributed by atoms with Crippen molar-refractivity contribution in [2.75, 3.05) is 20.3 Å². The average molecular weight is 342 g/mol. The van der Waals surface area contributed by atoms with Crippen molar-refractivity contribution < 1.29 is 18.7 Å². The predicted molar refractivity (Wildman–Crippen MR) is 92.3 cm³/mol. The van der Waals surface area contributed by atoms with Crippen LogP contribution in [0, 0.1) is 0 Å². The van der Waals surface area contributed by atoms with E-state index in [1.807, 2.05) is 0 Å². The molecule has 1 amide bonds. The summed E-state index contributed by atoms with van der Waals surface area (Å²) in [4.78, 5) is 23.7. The molecule has 130 valence electrons. The Morgan fingerprint density at radius 1 is 1.16 bits per heavy atom. The van der Waals surface area contributed by atoms with Crippen molar-refractivity contribution in [3.8, 4) is 11.5 Å². The zero-order chi connectivity index (χ0) is 17.8. The van der Waals surface area contributed by atoms with Crippen LogP contribution in [0.3, 0.4) is 0 Å². The number of nitrogens with zero attached hydrogens (tertiary/aromatic N) is 1. The van der Waals surface area contributed by atoms with Gasteiger partial charge in [-0.15, -0.1) is 0 Å². The van der Waals surface area contributed by atoms with Gasteiger partial charge in [0.2, 0.25) is 0 Å². The van der Waals surface area contributed by atoms with Gasteiger partial charge >= 0.3 is 5.76 Å². The van der Waals surface area contributed by atoms with E-state index in [1.54, 1.807) is 56.6 Å². The molecular formula is C18H18N2O5. The second-order valence-corrected chi connectivity index (χ2v) is 5.39. The van der Waals surface area contributed by atoms with E-state index in [-0.39, 0.29) is 5.91 Å². The lowest BCUT2D eigenvalue weighted by Crippen LogP contribution is -2.28. The minimum atomic E-state index is -0.458. The Hall–Kier alpha value is -3.22. The predicted octanol–water partition coefficient (Wildman–Crippen LogP) is 1.95. The molecular weight excluding hydrogens is 324 g/mol. The summed E-state index contributed by atoms with van der Waals surface area (Å²) in [5.41, 5.74) is 1.48. The molecule has 0 bridgehead atoms. The van der Waals surface area contributed by atoms with E-state index in [1.165, 1.54) is 4.57 Å². The van der Waals surface area contributed by atoms with E-state index in [0.717, 1.165) is 5.75 Å².